The van der Waals surface area contributed by atoms with Crippen molar-refractivity contribution in [3.8, 4) is 5.75 Å². The monoisotopic (exact) mass is 356 g/mol. The Morgan fingerprint density at radius 3 is 2.85 bits per heavy atom. The maximum Gasteiger partial charge on any atom is 0.225 e. The van der Waals surface area contributed by atoms with Crippen LogP contribution in [0, 0.1) is 11.8 Å². The number of nitrogens with one attached hydrogen (secondary N) is 1. The molecule has 1 aliphatic heterocycles. The van der Waals surface area contributed by atoms with Gasteiger partial charge in [0.1, 0.15) is 17.9 Å². The largest absolute Gasteiger partial charge is 0.496 e. The maximum absolute atomic E-state index is 12.8. The van der Waals surface area contributed by atoms with Gasteiger partial charge in [0.25, 0.3) is 0 Å². The predicted molar refractivity (Wildman–Crippen MR) is 97.9 cm³/mol. The van der Waals surface area contributed by atoms with Crippen LogP contribution in [0.15, 0.2) is 42.9 Å². The summed E-state index contributed by atoms with van der Waals surface area (Å²) in [5, 5.41) is 3.04. The molecule has 1 amide bonds. The Kier molecular flexibility index (Phi) is 6.01. The number of nitrogens with zero attached hydrogens (tertiary/aromatic N) is 3. The molecule has 1 N–H and O–H groups in total. The minimum absolute atomic E-state index is 0.0227. The number of carbonyl (C=O) groups excluding carboxylic acids is 1. The quantitative estimate of drug-likeness (QED) is 0.810. The number of hydrogen-bond acceptors (Lipinski definition) is 6. The van der Waals surface area contributed by atoms with Crippen LogP contribution in [-0.4, -0.2) is 49.8 Å². The molecule has 0 unspecified atom stereocenters. The van der Waals surface area contributed by atoms with Crippen LogP contribution in [0.5, 0.6) is 5.75 Å². The van der Waals surface area contributed by atoms with Crippen molar-refractivity contribution in [3.05, 3.63) is 48.4 Å². The van der Waals surface area contributed by atoms with E-state index in [-0.39, 0.29) is 17.7 Å². The number of aromatic nitrogens is 2. The zero-order valence-corrected chi connectivity index (χ0v) is 15.1. The van der Waals surface area contributed by atoms with Crippen molar-refractivity contribution in [2.24, 2.45) is 11.8 Å². The van der Waals surface area contributed by atoms with Crippen LogP contribution in [0.1, 0.15) is 5.56 Å². The van der Waals surface area contributed by atoms with Gasteiger partial charge in [-0.25, -0.2) is 9.97 Å². The summed E-state index contributed by atoms with van der Waals surface area (Å²) in [7, 11) is 3.29. The van der Waals surface area contributed by atoms with E-state index >= 15 is 0 Å². The highest BCUT2D eigenvalue weighted by atomic mass is 16.5. The Balaban J connectivity index is 1.66. The Labute approximate surface area is 153 Å². The fourth-order valence-electron chi connectivity index (χ4n) is 3.37. The highest BCUT2D eigenvalue weighted by Gasteiger charge is 2.38. The lowest BCUT2D eigenvalue weighted by atomic mass is 9.96. The molecule has 1 saturated heterocycles. The summed E-state index contributed by atoms with van der Waals surface area (Å²) in [6, 6.07) is 9.55. The molecule has 2 atom stereocenters. The van der Waals surface area contributed by atoms with Gasteiger partial charge >= 0.3 is 0 Å². The molecule has 0 radical (unpaired) electrons. The molecule has 1 aromatic carbocycles. The van der Waals surface area contributed by atoms with Gasteiger partial charge in [-0.15, -0.1) is 0 Å². The lowest BCUT2D eigenvalue weighted by Crippen LogP contribution is -2.36. The number of anilines is 1. The highest BCUT2D eigenvalue weighted by molar-refractivity contribution is 5.80. The van der Waals surface area contributed by atoms with Crippen molar-refractivity contribution < 1.29 is 14.3 Å². The molecule has 0 spiro atoms. The number of carbonyl (C=O) groups is 1. The van der Waals surface area contributed by atoms with Gasteiger partial charge in [0.2, 0.25) is 5.91 Å². The van der Waals surface area contributed by atoms with Gasteiger partial charge in [-0.3, -0.25) is 4.79 Å². The summed E-state index contributed by atoms with van der Waals surface area (Å²) < 4.78 is 10.7. The van der Waals surface area contributed by atoms with E-state index in [1.807, 2.05) is 30.3 Å². The normalized spacial score (nSPS) is 19.4. The van der Waals surface area contributed by atoms with Crippen LogP contribution in [0.3, 0.4) is 0 Å². The third kappa shape index (κ3) is 4.11. The zero-order valence-electron chi connectivity index (χ0n) is 15.1. The van der Waals surface area contributed by atoms with E-state index in [2.05, 4.69) is 20.2 Å². The Morgan fingerprint density at radius 1 is 1.27 bits per heavy atom. The van der Waals surface area contributed by atoms with E-state index in [9.17, 15) is 4.79 Å². The lowest BCUT2D eigenvalue weighted by molar-refractivity contribution is -0.126. The van der Waals surface area contributed by atoms with E-state index in [0.29, 0.717) is 19.7 Å². The number of benzene rings is 1. The molecule has 7 nitrogen and oxygen atoms in total. The SMILES string of the molecule is COC[C@@H]1CN(c2ccncn2)C[C@H]1C(=O)NCc1ccccc1OC. The molecular formula is C19H24N4O3. The van der Waals surface area contributed by atoms with Gasteiger partial charge in [0.15, 0.2) is 0 Å². The van der Waals surface area contributed by atoms with Crippen molar-refractivity contribution in [2.75, 3.05) is 38.8 Å². The first-order valence-corrected chi connectivity index (χ1v) is 8.62. The number of hydrogen-bond donors (Lipinski definition) is 1. The van der Waals surface area contributed by atoms with Crippen molar-refractivity contribution in [1.82, 2.24) is 15.3 Å². The van der Waals surface area contributed by atoms with Gasteiger partial charge in [-0.2, -0.15) is 0 Å². The molecule has 2 heterocycles. The van der Waals surface area contributed by atoms with Crippen LogP contribution < -0.4 is 15.0 Å². The second kappa shape index (κ2) is 8.62. The molecule has 2 aromatic rings. The molecule has 1 aromatic heterocycles. The van der Waals surface area contributed by atoms with Crippen molar-refractivity contribution in [2.45, 2.75) is 6.54 Å². The molecule has 1 aliphatic rings. The van der Waals surface area contributed by atoms with Crippen LogP contribution >= 0.6 is 0 Å². The zero-order chi connectivity index (χ0) is 18.4. The fraction of sp³-hybridized carbons (Fsp3) is 0.421. The summed E-state index contributed by atoms with van der Waals surface area (Å²) in [6.45, 7) is 2.32. The van der Waals surface area contributed by atoms with Gasteiger partial charge < -0.3 is 19.7 Å². The van der Waals surface area contributed by atoms with E-state index in [4.69, 9.17) is 9.47 Å². The third-order valence-corrected chi connectivity index (χ3v) is 4.69. The first-order valence-electron chi connectivity index (χ1n) is 8.62. The second-order valence-corrected chi connectivity index (χ2v) is 6.32. The topological polar surface area (TPSA) is 76.6 Å². The number of amides is 1. The first-order chi connectivity index (χ1) is 12.7. The molecule has 0 bridgehead atoms. The summed E-state index contributed by atoms with van der Waals surface area (Å²) in [5.41, 5.74) is 0.956. The second-order valence-electron chi connectivity index (χ2n) is 6.32. The Bertz CT molecular complexity index is 726. The van der Waals surface area contributed by atoms with Crippen LogP contribution in [0.25, 0.3) is 0 Å². The highest BCUT2D eigenvalue weighted by Crippen LogP contribution is 2.27. The summed E-state index contributed by atoms with van der Waals surface area (Å²) in [6.07, 6.45) is 3.23. The molecule has 1 fully saturated rings. The molecule has 0 aliphatic carbocycles. The van der Waals surface area contributed by atoms with E-state index in [1.54, 1.807) is 20.4 Å². The third-order valence-electron chi connectivity index (χ3n) is 4.69. The first kappa shape index (κ1) is 18.1. The van der Waals surface area contributed by atoms with E-state index in [0.717, 1.165) is 23.7 Å². The summed E-state index contributed by atoms with van der Waals surface area (Å²) >= 11 is 0. The van der Waals surface area contributed by atoms with Crippen LogP contribution in [-0.2, 0) is 16.1 Å². The molecular weight excluding hydrogens is 332 g/mol. The van der Waals surface area contributed by atoms with Crippen molar-refractivity contribution >= 4 is 11.7 Å². The average molecular weight is 356 g/mol. The van der Waals surface area contributed by atoms with E-state index < -0.39 is 0 Å². The molecule has 0 saturated carbocycles. The van der Waals surface area contributed by atoms with Crippen LogP contribution in [0.4, 0.5) is 5.82 Å². The van der Waals surface area contributed by atoms with Gasteiger partial charge in [0, 0.05) is 44.4 Å². The van der Waals surface area contributed by atoms with Crippen molar-refractivity contribution in [1.29, 1.82) is 0 Å². The molecule has 26 heavy (non-hydrogen) atoms. The Morgan fingerprint density at radius 2 is 2.12 bits per heavy atom. The van der Waals surface area contributed by atoms with Crippen LogP contribution in [0.2, 0.25) is 0 Å². The van der Waals surface area contributed by atoms with Crippen molar-refractivity contribution in [3.63, 3.8) is 0 Å². The maximum atomic E-state index is 12.8. The standard InChI is InChI=1S/C19H24N4O3/c1-25-12-15-10-23(18-7-8-20-13-22-18)11-16(15)19(24)21-9-14-5-3-4-6-17(14)26-2/h3-8,13,15-16H,9-12H2,1-2H3,(H,21,24)/t15-,16+/m0/s1. The van der Waals surface area contributed by atoms with Gasteiger partial charge in [-0.1, -0.05) is 18.2 Å². The summed E-state index contributed by atoms with van der Waals surface area (Å²) in [5.74, 6) is 1.60. The smallest absolute Gasteiger partial charge is 0.225 e. The molecule has 138 valence electrons. The number of rotatable bonds is 7. The Hall–Kier alpha value is -2.67. The van der Waals surface area contributed by atoms with Gasteiger partial charge in [0.05, 0.1) is 19.6 Å². The van der Waals surface area contributed by atoms with E-state index in [1.165, 1.54) is 6.33 Å². The minimum Gasteiger partial charge on any atom is -0.496 e. The molecule has 3 rings (SSSR count). The lowest BCUT2D eigenvalue weighted by Gasteiger charge is -2.17. The average Bonchev–Trinajstić information content (AvgIpc) is 3.11. The predicted octanol–water partition coefficient (Wildman–Crippen LogP) is 1.50. The summed E-state index contributed by atoms with van der Waals surface area (Å²) in [4.78, 5) is 23.2. The number of ether oxygens (including phenoxy) is 2. The number of methoxy groups -OCH3 is 2. The molecule has 7 heteroatoms. The minimum atomic E-state index is -0.153. The number of para-hydroxylation sites is 1. The van der Waals surface area contributed by atoms with Gasteiger partial charge in [-0.05, 0) is 12.1 Å². The fourth-order valence-corrected chi connectivity index (χ4v) is 3.37.